The maximum absolute atomic E-state index is 9.72. The van der Waals surface area contributed by atoms with Crippen molar-refractivity contribution < 1.29 is 9.84 Å². The summed E-state index contributed by atoms with van der Waals surface area (Å²) in [6.07, 6.45) is 2.08. The van der Waals surface area contributed by atoms with E-state index in [1.807, 2.05) is 31.2 Å². The number of fused-ring (bicyclic) bond motifs is 1. The third kappa shape index (κ3) is 3.78. The maximum Gasteiger partial charge on any atom is 0.121 e. The molecule has 6 heteroatoms. The molecular weight excluding hydrogens is 376 g/mol. The van der Waals surface area contributed by atoms with Crippen molar-refractivity contribution in [1.82, 2.24) is 4.98 Å². The van der Waals surface area contributed by atoms with Gasteiger partial charge in [0.1, 0.15) is 24.5 Å². The van der Waals surface area contributed by atoms with Crippen molar-refractivity contribution in [2.75, 3.05) is 18.1 Å². The molecule has 1 aliphatic heterocycles. The number of hydrogen-bond acceptors (Lipinski definition) is 6. The molecule has 6 nitrogen and oxygen atoms in total. The Balaban J connectivity index is 1.60. The van der Waals surface area contributed by atoms with Gasteiger partial charge in [-0.3, -0.25) is 4.98 Å². The van der Waals surface area contributed by atoms with Gasteiger partial charge < -0.3 is 14.7 Å². The zero-order chi connectivity index (χ0) is 21.1. The average Bonchev–Trinajstić information content (AvgIpc) is 3.25. The molecule has 2 aromatic carbocycles. The Hall–Kier alpha value is -3.61. The lowest BCUT2D eigenvalue weighted by atomic mass is 10.1. The zero-order valence-electron chi connectivity index (χ0n) is 16.8. The standard InChI is InChI=1S/C24H22N4O2/c1-16-9-24(28-8-2-3-20(28)14-29)22-7-4-17(10-23(22)27-16)15-30-21-6-5-18(12-25)19(11-21)13-26/h4-7,9-11,20,29H,2-3,8,14-15H2,1H3/t20-/m0/s1. The van der Waals surface area contributed by atoms with Crippen LogP contribution in [-0.4, -0.2) is 29.3 Å². The van der Waals surface area contributed by atoms with E-state index in [4.69, 9.17) is 15.0 Å². The number of nitriles is 2. The first-order valence-electron chi connectivity index (χ1n) is 9.97. The van der Waals surface area contributed by atoms with Gasteiger partial charge in [-0.15, -0.1) is 0 Å². The van der Waals surface area contributed by atoms with E-state index >= 15 is 0 Å². The predicted octanol–water partition coefficient (Wildman–Crippen LogP) is 3.83. The second kappa shape index (κ2) is 8.41. The Bertz CT molecular complexity index is 1180. The van der Waals surface area contributed by atoms with Gasteiger partial charge in [-0.05, 0) is 55.7 Å². The fourth-order valence-electron chi connectivity index (χ4n) is 4.02. The number of aryl methyl sites for hydroxylation is 1. The van der Waals surface area contributed by atoms with Gasteiger partial charge in [0.25, 0.3) is 0 Å². The molecule has 1 N–H and O–H groups in total. The van der Waals surface area contributed by atoms with Crippen LogP contribution in [0.15, 0.2) is 42.5 Å². The predicted molar refractivity (Wildman–Crippen MR) is 114 cm³/mol. The zero-order valence-corrected chi connectivity index (χ0v) is 16.8. The molecule has 0 bridgehead atoms. The Morgan fingerprint density at radius 1 is 1.13 bits per heavy atom. The van der Waals surface area contributed by atoms with Crippen LogP contribution >= 0.6 is 0 Å². The number of hydrogen-bond donors (Lipinski definition) is 1. The maximum atomic E-state index is 9.72. The van der Waals surface area contributed by atoms with E-state index in [1.165, 1.54) is 0 Å². The fourth-order valence-corrected chi connectivity index (χ4v) is 4.02. The van der Waals surface area contributed by atoms with Crippen LogP contribution in [0.4, 0.5) is 5.69 Å². The summed E-state index contributed by atoms with van der Waals surface area (Å²) in [5, 5.41) is 29.0. The molecular formula is C24H22N4O2. The topological polar surface area (TPSA) is 93.2 Å². The van der Waals surface area contributed by atoms with Gasteiger partial charge in [0.15, 0.2) is 0 Å². The Morgan fingerprint density at radius 3 is 2.73 bits per heavy atom. The highest BCUT2D eigenvalue weighted by Gasteiger charge is 2.25. The molecule has 0 saturated carbocycles. The Kier molecular flexibility index (Phi) is 5.52. The summed E-state index contributed by atoms with van der Waals surface area (Å²) in [5.74, 6) is 0.548. The molecule has 2 heterocycles. The van der Waals surface area contributed by atoms with Gasteiger partial charge in [-0.2, -0.15) is 10.5 Å². The van der Waals surface area contributed by atoms with Gasteiger partial charge >= 0.3 is 0 Å². The van der Waals surface area contributed by atoms with Crippen LogP contribution in [0, 0.1) is 29.6 Å². The van der Waals surface area contributed by atoms with Crippen LogP contribution < -0.4 is 9.64 Å². The summed E-state index contributed by atoms with van der Waals surface area (Å²) in [6.45, 7) is 3.41. The number of pyridine rings is 1. The molecule has 0 spiro atoms. The molecule has 1 atom stereocenters. The first-order chi connectivity index (χ1) is 14.6. The molecule has 0 aliphatic carbocycles. The third-order valence-corrected chi connectivity index (χ3v) is 5.52. The van der Waals surface area contributed by atoms with E-state index in [0.717, 1.165) is 47.2 Å². The first-order valence-corrected chi connectivity index (χ1v) is 9.97. The summed E-state index contributed by atoms with van der Waals surface area (Å²) in [6, 6.07) is 17.2. The molecule has 1 fully saturated rings. The van der Waals surface area contributed by atoms with Crippen LogP contribution in [-0.2, 0) is 6.61 Å². The van der Waals surface area contributed by atoms with Crippen molar-refractivity contribution in [1.29, 1.82) is 10.5 Å². The van der Waals surface area contributed by atoms with Gasteiger partial charge in [-0.1, -0.05) is 12.1 Å². The van der Waals surface area contributed by atoms with Crippen molar-refractivity contribution >= 4 is 16.6 Å². The molecule has 0 radical (unpaired) electrons. The second-order valence-electron chi connectivity index (χ2n) is 7.53. The number of aromatic nitrogens is 1. The van der Waals surface area contributed by atoms with Gasteiger partial charge in [0, 0.05) is 23.3 Å². The number of ether oxygens (including phenoxy) is 1. The normalized spacial score (nSPS) is 15.7. The molecule has 4 rings (SSSR count). The lowest BCUT2D eigenvalue weighted by molar-refractivity contribution is 0.266. The number of rotatable bonds is 5. The molecule has 3 aromatic rings. The molecule has 0 amide bonds. The number of nitrogens with zero attached hydrogens (tertiary/aromatic N) is 4. The summed E-state index contributed by atoms with van der Waals surface area (Å²) in [7, 11) is 0. The molecule has 1 aromatic heterocycles. The minimum Gasteiger partial charge on any atom is -0.489 e. The minimum atomic E-state index is 0.156. The average molecular weight is 398 g/mol. The van der Waals surface area contributed by atoms with Crippen LogP contribution in [0.1, 0.15) is 35.2 Å². The lowest BCUT2D eigenvalue weighted by Gasteiger charge is -2.27. The lowest BCUT2D eigenvalue weighted by Crippen LogP contribution is -2.32. The number of aliphatic hydroxyl groups is 1. The molecule has 150 valence electrons. The largest absolute Gasteiger partial charge is 0.489 e. The molecule has 1 saturated heterocycles. The number of aliphatic hydroxyl groups excluding tert-OH is 1. The monoisotopic (exact) mass is 398 g/mol. The van der Waals surface area contributed by atoms with E-state index in [1.54, 1.807) is 18.2 Å². The van der Waals surface area contributed by atoms with Gasteiger partial charge in [0.05, 0.1) is 29.3 Å². The quantitative estimate of drug-likeness (QED) is 0.702. The summed E-state index contributed by atoms with van der Waals surface area (Å²) >= 11 is 0. The minimum absolute atomic E-state index is 0.156. The number of anilines is 1. The van der Waals surface area contributed by atoms with E-state index in [9.17, 15) is 10.4 Å². The summed E-state index contributed by atoms with van der Waals surface area (Å²) < 4.78 is 5.85. The van der Waals surface area contributed by atoms with Crippen LogP contribution in [0.25, 0.3) is 10.9 Å². The van der Waals surface area contributed by atoms with Crippen LogP contribution in [0.5, 0.6) is 5.75 Å². The first kappa shape index (κ1) is 19.7. The van der Waals surface area contributed by atoms with Crippen LogP contribution in [0.2, 0.25) is 0 Å². The summed E-state index contributed by atoms with van der Waals surface area (Å²) in [5.41, 5.74) is 4.56. The smallest absolute Gasteiger partial charge is 0.121 e. The Morgan fingerprint density at radius 2 is 1.97 bits per heavy atom. The number of benzene rings is 2. The fraction of sp³-hybridized carbons (Fsp3) is 0.292. The third-order valence-electron chi connectivity index (χ3n) is 5.52. The Labute approximate surface area is 175 Å². The highest BCUT2D eigenvalue weighted by atomic mass is 16.5. The van der Waals surface area contributed by atoms with Crippen molar-refractivity contribution in [3.8, 4) is 17.9 Å². The van der Waals surface area contributed by atoms with Crippen LogP contribution in [0.3, 0.4) is 0 Å². The van der Waals surface area contributed by atoms with Gasteiger partial charge in [0.2, 0.25) is 0 Å². The van der Waals surface area contributed by atoms with Gasteiger partial charge in [-0.25, -0.2) is 0 Å². The SMILES string of the molecule is Cc1cc(N2CCC[C@H]2CO)c2ccc(COc3ccc(C#N)c(C#N)c3)cc2n1. The molecule has 1 aliphatic rings. The summed E-state index contributed by atoms with van der Waals surface area (Å²) in [4.78, 5) is 6.99. The van der Waals surface area contributed by atoms with E-state index in [0.29, 0.717) is 23.5 Å². The van der Waals surface area contributed by atoms with Crippen molar-refractivity contribution in [2.24, 2.45) is 0 Å². The van der Waals surface area contributed by atoms with Crippen molar-refractivity contribution in [3.63, 3.8) is 0 Å². The van der Waals surface area contributed by atoms with E-state index < -0.39 is 0 Å². The highest BCUT2D eigenvalue weighted by Crippen LogP contribution is 2.33. The van der Waals surface area contributed by atoms with Crippen molar-refractivity contribution in [3.05, 3.63) is 64.8 Å². The molecule has 30 heavy (non-hydrogen) atoms. The van der Waals surface area contributed by atoms with E-state index in [-0.39, 0.29) is 12.6 Å². The highest BCUT2D eigenvalue weighted by molar-refractivity contribution is 5.92. The molecule has 0 unspecified atom stereocenters. The van der Waals surface area contributed by atoms with E-state index in [2.05, 4.69) is 17.0 Å². The second-order valence-corrected chi connectivity index (χ2v) is 7.53. The van der Waals surface area contributed by atoms with Crippen molar-refractivity contribution in [2.45, 2.75) is 32.4 Å².